The third kappa shape index (κ3) is 27.5. The number of carbonyl (C=O) groups excluding carboxylic acids is 17. The van der Waals surface area contributed by atoms with Gasteiger partial charge in [-0.25, -0.2) is 4.98 Å². The molecule has 17 amide bonds. The number of carbonyl (C=O) groups is 18. The number of carboxylic acid groups (broad SMARTS) is 1. The van der Waals surface area contributed by atoms with Crippen LogP contribution in [0.3, 0.4) is 0 Å². The molecule has 0 aliphatic carbocycles. The first kappa shape index (κ1) is 101. The highest BCUT2D eigenvalue weighted by Gasteiger charge is 2.47. The standard InChI is InChI=1S/C86H116N22O22S/c1-44(2)27-59-85(129)108-39-52(111)32-68(108)81(125)97-57(29-48-35-91-55-17-10-8-15-53(48)55)76(120)102-63(40-109)78(122)101-61(30-49-36-92-56-18-11-9-16-54(49)56)83(127)105(6)66(19-12-13-25-87)86(130)106(7)67(34-72(115)116)80(124)95-45(3)73(117)103-64(75(119)93-38-70(89)113)41-131-42-71(114)96-60(28-47-21-23-51(110)24-22-47)82(126)104(5)46(4)74(118)99-62(33-69(88)112)84(128)107-26-14-20-65(107)79(123)98-58(77(121)100-59)31-50-37-90-43-94-50/h8-11,15-18,21-24,35-37,43-46,52,57-68,91-92,109-111H,12-14,19-20,25-34,38-42,87H2,1-7H3,(H2,88,112)(H2,89,113)(H,90,94)(H,93,119)(H,95,124)(H,96,114)(H,97,125)(H,98,123)(H,99,118)(H,100,121)(H,101,122)(H,102,120)(H,103,117)(H,115,116). The number of nitrogens with two attached hydrogens (primary N) is 3. The van der Waals surface area contributed by atoms with Gasteiger partial charge in [0.1, 0.15) is 90.3 Å². The summed E-state index contributed by atoms with van der Waals surface area (Å²) in [7, 11) is 3.47. The molecule has 15 unspecified atom stereocenters. The summed E-state index contributed by atoms with van der Waals surface area (Å²) in [6.07, 6.45) is 1.00. The molecule has 0 spiro atoms. The molecule has 0 saturated carbocycles. The van der Waals surface area contributed by atoms with Gasteiger partial charge in [-0.3, -0.25) is 86.3 Å². The highest BCUT2D eigenvalue weighted by molar-refractivity contribution is 8.00. The Bertz CT molecular complexity index is 5150. The van der Waals surface area contributed by atoms with E-state index in [0.29, 0.717) is 56.0 Å². The number of unbranched alkanes of at least 4 members (excludes halogenated alkanes) is 1. The van der Waals surface area contributed by atoms with Crippen molar-refractivity contribution in [3.8, 4) is 5.75 Å². The fourth-order valence-corrected chi connectivity index (χ4v) is 16.7. The van der Waals surface area contributed by atoms with Crippen LogP contribution in [-0.4, -0.2) is 327 Å². The number of aliphatic hydroxyl groups excluding tert-OH is 2. The lowest BCUT2D eigenvalue weighted by atomic mass is 10.00. The number of aromatic amines is 3. The number of benzene rings is 3. The van der Waals surface area contributed by atoms with Gasteiger partial charge >= 0.3 is 5.97 Å². The molecule has 3 aromatic heterocycles. The Hall–Kier alpha value is -13.6. The molecule has 44 nitrogen and oxygen atoms in total. The number of carboxylic acids is 1. The maximum absolute atomic E-state index is 15.6. The molecule has 3 fully saturated rings. The molecule has 45 heteroatoms. The molecule has 23 N–H and O–H groups in total. The van der Waals surface area contributed by atoms with Gasteiger partial charge in [0.05, 0.1) is 44.2 Å². The molecule has 3 aromatic carbocycles. The predicted octanol–water partition coefficient (Wildman–Crippen LogP) is -4.95. The van der Waals surface area contributed by atoms with Gasteiger partial charge in [-0.2, -0.15) is 0 Å². The summed E-state index contributed by atoms with van der Waals surface area (Å²) in [6.45, 7) is 3.42. The minimum absolute atomic E-state index is 0.0267. The Kier molecular flexibility index (Phi) is 36.4. The predicted molar refractivity (Wildman–Crippen MR) is 472 cm³/mol. The smallest absolute Gasteiger partial charge is 0.305 e. The highest BCUT2D eigenvalue weighted by Crippen LogP contribution is 2.28. The minimum atomic E-state index is -1.97. The number of aromatic nitrogens is 4. The van der Waals surface area contributed by atoms with E-state index < -0.39 is 248 Å². The summed E-state index contributed by atoms with van der Waals surface area (Å²) < 4.78 is 0. The van der Waals surface area contributed by atoms with E-state index in [-0.39, 0.29) is 89.0 Å². The molecule has 708 valence electrons. The third-order valence-corrected chi connectivity index (χ3v) is 24.1. The van der Waals surface area contributed by atoms with Crippen LogP contribution in [0.1, 0.15) is 108 Å². The summed E-state index contributed by atoms with van der Waals surface area (Å²) in [4.78, 5) is 278. The Balaban J connectivity index is 1.08. The Morgan fingerprint density at radius 3 is 1.72 bits per heavy atom. The number of aliphatic carboxylic acids is 1. The van der Waals surface area contributed by atoms with E-state index >= 15 is 33.6 Å². The van der Waals surface area contributed by atoms with Gasteiger partial charge in [-0.05, 0) is 106 Å². The number of phenols is 1. The maximum atomic E-state index is 15.6. The number of amides is 17. The van der Waals surface area contributed by atoms with Gasteiger partial charge in [-0.1, -0.05) is 62.4 Å². The lowest BCUT2D eigenvalue weighted by Gasteiger charge is -2.36. The molecular formula is C86H116N22O22S. The van der Waals surface area contributed by atoms with E-state index in [9.17, 15) is 73.2 Å². The molecule has 9 rings (SSSR count). The van der Waals surface area contributed by atoms with Crippen LogP contribution in [0.25, 0.3) is 21.8 Å². The molecule has 3 aliphatic heterocycles. The first-order chi connectivity index (χ1) is 62.2. The van der Waals surface area contributed by atoms with Gasteiger partial charge < -0.3 is 130 Å². The number of fused-ring (bicyclic) bond motifs is 4. The number of rotatable bonds is 22. The number of phenolic OH excluding ortho intramolecular Hbond substituents is 1. The van der Waals surface area contributed by atoms with Crippen LogP contribution in [0.2, 0.25) is 0 Å². The van der Waals surface area contributed by atoms with Crippen molar-refractivity contribution < 1.29 is 107 Å². The Morgan fingerprint density at radius 1 is 0.565 bits per heavy atom. The summed E-state index contributed by atoms with van der Waals surface area (Å²) >= 11 is 0.710. The minimum Gasteiger partial charge on any atom is -0.508 e. The van der Waals surface area contributed by atoms with Gasteiger partial charge in [0, 0.05) is 118 Å². The first-order valence-electron chi connectivity index (χ1n) is 42.9. The van der Waals surface area contributed by atoms with Crippen molar-refractivity contribution in [1.29, 1.82) is 0 Å². The molecule has 0 bridgehead atoms. The molecule has 3 saturated heterocycles. The van der Waals surface area contributed by atoms with E-state index in [1.54, 1.807) is 74.8 Å². The van der Waals surface area contributed by atoms with Gasteiger partial charge in [-0.15, -0.1) is 11.8 Å². The van der Waals surface area contributed by atoms with Crippen molar-refractivity contribution >= 4 is 140 Å². The Labute approximate surface area is 757 Å². The van der Waals surface area contributed by atoms with E-state index in [2.05, 4.69) is 73.1 Å². The largest absolute Gasteiger partial charge is 0.508 e. The average Bonchev–Trinajstić information content (AvgIpc) is 1.69. The molecule has 6 aromatic rings. The summed E-state index contributed by atoms with van der Waals surface area (Å²) in [6, 6.07) is -3.84. The molecule has 0 radical (unpaired) electrons. The van der Waals surface area contributed by atoms with Crippen molar-refractivity contribution in [3.05, 3.63) is 120 Å². The number of primary amides is 2. The van der Waals surface area contributed by atoms with Crippen LogP contribution in [0.4, 0.5) is 0 Å². The normalized spacial score (nSPS) is 25.2. The number of para-hydroxylation sites is 2. The number of nitrogens with one attached hydrogen (secondary N) is 13. The summed E-state index contributed by atoms with van der Waals surface area (Å²) in [5, 5.41) is 69.8. The molecule has 3 aliphatic rings. The molecule has 6 heterocycles. The summed E-state index contributed by atoms with van der Waals surface area (Å²) in [5.74, 6) is -20.6. The number of hydrogen-bond donors (Lipinski definition) is 20. The van der Waals surface area contributed by atoms with Crippen LogP contribution in [0.5, 0.6) is 5.75 Å². The fraction of sp³-hybridized carbons (Fsp3) is 0.500. The number of thioether (sulfide) groups is 1. The first-order valence-corrected chi connectivity index (χ1v) is 44.0. The van der Waals surface area contributed by atoms with Crippen molar-refractivity contribution in [1.82, 2.24) is 97.6 Å². The topological polar surface area (TPSA) is 663 Å². The van der Waals surface area contributed by atoms with Crippen LogP contribution in [0, 0.1) is 5.92 Å². The van der Waals surface area contributed by atoms with Gasteiger partial charge in [0.2, 0.25) is 100 Å². The number of aliphatic hydroxyl groups is 2. The van der Waals surface area contributed by atoms with E-state index in [1.807, 2.05) is 0 Å². The van der Waals surface area contributed by atoms with Crippen LogP contribution < -0.4 is 70.4 Å². The monoisotopic (exact) mass is 1840 g/mol. The number of H-pyrrole nitrogens is 3. The lowest BCUT2D eigenvalue weighted by Crippen LogP contribution is -2.62. The molecule has 15 atom stereocenters. The quantitative estimate of drug-likeness (QED) is 0.0283. The zero-order valence-corrected chi connectivity index (χ0v) is 74.4. The van der Waals surface area contributed by atoms with Crippen LogP contribution in [0.15, 0.2) is 97.7 Å². The zero-order valence-electron chi connectivity index (χ0n) is 73.6. The van der Waals surface area contributed by atoms with Crippen molar-refractivity contribution in [3.63, 3.8) is 0 Å². The van der Waals surface area contributed by atoms with Crippen molar-refractivity contribution in [2.45, 2.75) is 202 Å². The molecule has 131 heavy (non-hydrogen) atoms. The zero-order chi connectivity index (χ0) is 95.8. The second-order valence-corrected chi connectivity index (χ2v) is 34.3. The van der Waals surface area contributed by atoms with E-state index in [1.165, 1.54) is 57.8 Å². The number of nitrogens with zero attached hydrogens (tertiary/aromatic N) is 6. The van der Waals surface area contributed by atoms with Crippen LogP contribution >= 0.6 is 11.8 Å². The van der Waals surface area contributed by atoms with Crippen LogP contribution in [-0.2, 0) is 112 Å². The van der Waals surface area contributed by atoms with E-state index in [0.717, 1.165) is 38.5 Å². The SMILES string of the molecule is CC(C)CC1NC(=O)C(Cc2cnc[nH]2)NC(=O)C2CCCN2C(=O)C(CC(N)=O)NC(=O)C(C)N(C)C(=O)C(Cc2ccc(O)cc2)NC(=O)CSCC(C(=O)NCC(N)=O)NC(=O)C(C)NC(=O)C(CC(=O)O)N(C)C(=O)C(CCCCN)N(C)C(=O)C(Cc2c[nH]c3ccccc23)NC(=O)C(CO)NC(=O)C(Cc2c[nH]c3ccccc23)NC(=O)C2CC(O)CN2C1=O. The number of likely N-dealkylation sites (N-methyl/N-ethyl adjacent to an activating group) is 3. The molecular weight excluding hydrogens is 1730 g/mol. The average molecular weight is 1840 g/mol. The fourth-order valence-electron chi connectivity index (χ4n) is 15.9. The third-order valence-electron chi connectivity index (χ3n) is 23.1. The second-order valence-electron chi connectivity index (χ2n) is 33.3. The van der Waals surface area contributed by atoms with Crippen molar-refractivity contribution in [2.75, 3.05) is 65.4 Å². The van der Waals surface area contributed by atoms with E-state index in [4.69, 9.17) is 17.2 Å². The van der Waals surface area contributed by atoms with Gasteiger partial charge in [0.15, 0.2) is 0 Å². The van der Waals surface area contributed by atoms with Crippen molar-refractivity contribution in [2.24, 2.45) is 23.1 Å². The highest BCUT2D eigenvalue weighted by atomic mass is 32.2. The van der Waals surface area contributed by atoms with Gasteiger partial charge in [0.25, 0.3) is 0 Å². The lowest BCUT2D eigenvalue weighted by molar-refractivity contribution is -0.151. The summed E-state index contributed by atoms with van der Waals surface area (Å²) in [5.41, 5.74) is 19.7. The number of aromatic hydroxyl groups is 1. The Morgan fingerprint density at radius 2 is 1.12 bits per heavy atom. The number of hydrogen-bond acceptors (Lipinski definition) is 24. The second kappa shape index (κ2) is 47.1. The number of imidazole rings is 1. The maximum Gasteiger partial charge on any atom is 0.305 e.